The highest BCUT2D eigenvalue weighted by molar-refractivity contribution is 6.01. The molecule has 39 heavy (non-hydrogen) atoms. The molecule has 4 rings (SSSR count). The topological polar surface area (TPSA) is 140 Å². The average molecular weight is 537 g/mol. The van der Waals surface area contributed by atoms with Crippen LogP contribution >= 0.6 is 0 Å². The van der Waals surface area contributed by atoms with E-state index >= 15 is 0 Å². The normalized spacial score (nSPS) is 17.2. The number of rotatable bonds is 7. The molecule has 0 aliphatic carbocycles. The Hall–Kier alpha value is -3.92. The van der Waals surface area contributed by atoms with Crippen molar-refractivity contribution in [1.82, 2.24) is 10.6 Å². The zero-order valence-electron chi connectivity index (χ0n) is 22.8. The smallest absolute Gasteiger partial charge is 0.408 e. The first-order chi connectivity index (χ1) is 18.4. The quantitative estimate of drug-likeness (QED) is 0.497. The first-order valence-electron chi connectivity index (χ1n) is 13.0. The summed E-state index contributed by atoms with van der Waals surface area (Å²) in [5.74, 6) is -1.12. The summed E-state index contributed by atoms with van der Waals surface area (Å²) in [4.78, 5) is 52.0. The van der Waals surface area contributed by atoms with Crippen LogP contribution in [-0.2, 0) is 36.7 Å². The number of anilines is 1. The van der Waals surface area contributed by atoms with Crippen LogP contribution in [0.15, 0.2) is 42.5 Å². The van der Waals surface area contributed by atoms with Gasteiger partial charge in [-0.1, -0.05) is 36.4 Å². The highest BCUT2D eigenvalue weighted by atomic mass is 16.6. The van der Waals surface area contributed by atoms with Crippen LogP contribution in [0.5, 0.6) is 0 Å². The number of nitrogens with two attached hydrogens (primary N) is 1. The molecule has 2 heterocycles. The molecular formula is C29H36N4O6. The SMILES string of the molecule is CN1C(=O)Cc2ccc(-c3ccc(C[C@H](NC(=O)C4(NC(=O)OC(C)(C)C)CCOCC4)C(N)=O)cc3)cc21. The minimum Gasteiger partial charge on any atom is -0.444 e. The van der Waals surface area contributed by atoms with E-state index in [1.165, 1.54) is 0 Å². The fourth-order valence-electron chi connectivity index (χ4n) is 4.84. The molecular weight excluding hydrogens is 500 g/mol. The van der Waals surface area contributed by atoms with E-state index < -0.39 is 35.1 Å². The van der Waals surface area contributed by atoms with E-state index in [0.717, 1.165) is 27.9 Å². The predicted molar refractivity (Wildman–Crippen MR) is 146 cm³/mol. The fraction of sp³-hybridized carbons (Fsp3) is 0.448. The van der Waals surface area contributed by atoms with E-state index in [2.05, 4.69) is 10.6 Å². The maximum Gasteiger partial charge on any atom is 0.408 e. The van der Waals surface area contributed by atoms with Crippen LogP contribution in [0.4, 0.5) is 10.5 Å². The number of likely N-dealkylation sites (N-methyl/N-ethyl adjacent to an activating group) is 1. The van der Waals surface area contributed by atoms with Gasteiger partial charge in [-0.25, -0.2) is 4.79 Å². The first-order valence-corrected chi connectivity index (χ1v) is 13.0. The third kappa shape index (κ3) is 6.57. The van der Waals surface area contributed by atoms with Crippen LogP contribution in [0.25, 0.3) is 11.1 Å². The van der Waals surface area contributed by atoms with Gasteiger partial charge in [-0.05, 0) is 49.1 Å². The highest BCUT2D eigenvalue weighted by Crippen LogP contribution is 2.32. The average Bonchev–Trinajstić information content (AvgIpc) is 3.16. The third-order valence-electron chi connectivity index (χ3n) is 7.06. The van der Waals surface area contributed by atoms with Crippen LogP contribution in [-0.4, -0.2) is 61.3 Å². The van der Waals surface area contributed by atoms with Crippen LogP contribution in [0.2, 0.25) is 0 Å². The minimum absolute atomic E-state index is 0.0702. The van der Waals surface area contributed by atoms with Crippen molar-refractivity contribution >= 4 is 29.5 Å². The van der Waals surface area contributed by atoms with E-state index in [-0.39, 0.29) is 38.4 Å². The Kier molecular flexibility index (Phi) is 7.96. The number of fused-ring (bicyclic) bond motifs is 1. The predicted octanol–water partition coefficient (Wildman–Crippen LogP) is 2.46. The van der Waals surface area contributed by atoms with Gasteiger partial charge in [0.1, 0.15) is 17.2 Å². The van der Waals surface area contributed by atoms with Gasteiger partial charge < -0.3 is 30.7 Å². The Morgan fingerprint density at radius 2 is 1.72 bits per heavy atom. The molecule has 0 saturated carbocycles. The van der Waals surface area contributed by atoms with E-state index in [1.54, 1.807) is 32.7 Å². The van der Waals surface area contributed by atoms with Crippen molar-refractivity contribution in [2.75, 3.05) is 25.2 Å². The van der Waals surface area contributed by atoms with Crippen molar-refractivity contribution in [1.29, 1.82) is 0 Å². The Morgan fingerprint density at radius 3 is 2.33 bits per heavy atom. The Morgan fingerprint density at radius 1 is 1.08 bits per heavy atom. The minimum atomic E-state index is -1.28. The number of nitrogens with zero attached hydrogens (tertiary/aromatic N) is 1. The zero-order valence-corrected chi connectivity index (χ0v) is 22.8. The van der Waals surface area contributed by atoms with Crippen LogP contribution in [0.3, 0.4) is 0 Å². The molecule has 10 heteroatoms. The summed E-state index contributed by atoms with van der Waals surface area (Å²) in [7, 11) is 1.77. The van der Waals surface area contributed by atoms with Crippen molar-refractivity contribution < 1.29 is 28.7 Å². The molecule has 0 radical (unpaired) electrons. The molecule has 2 aromatic rings. The Balaban J connectivity index is 1.46. The molecule has 10 nitrogen and oxygen atoms in total. The summed E-state index contributed by atoms with van der Waals surface area (Å²) < 4.78 is 10.8. The summed E-state index contributed by atoms with van der Waals surface area (Å²) in [5, 5.41) is 5.47. The summed E-state index contributed by atoms with van der Waals surface area (Å²) in [6, 6.07) is 12.6. The molecule has 2 aliphatic rings. The van der Waals surface area contributed by atoms with E-state index in [4.69, 9.17) is 15.2 Å². The lowest BCUT2D eigenvalue weighted by molar-refractivity contribution is -0.135. The van der Waals surface area contributed by atoms with E-state index in [9.17, 15) is 19.2 Å². The van der Waals surface area contributed by atoms with E-state index in [0.29, 0.717) is 6.42 Å². The van der Waals surface area contributed by atoms with Crippen molar-refractivity contribution in [3.63, 3.8) is 0 Å². The van der Waals surface area contributed by atoms with Gasteiger partial charge in [0.15, 0.2) is 0 Å². The Bertz CT molecular complexity index is 1260. The van der Waals surface area contributed by atoms with Crippen molar-refractivity contribution in [3.8, 4) is 11.1 Å². The molecule has 0 bridgehead atoms. The molecule has 4 amide bonds. The number of hydrogen-bond acceptors (Lipinski definition) is 6. The fourth-order valence-corrected chi connectivity index (χ4v) is 4.84. The molecule has 0 unspecified atom stereocenters. The zero-order chi connectivity index (χ0) is 28.4. The molecule has 2 aromatic carbocycles. The highest BCUT2D eigenvalue weighted by Gasteiger charge is 2.43. The maximum atomic E-state index is 13.4. The van der Waals surface area contributed by atoms with Gasteiger partial charge >= 0.3 is 6.09 Å². The van der Waals surface area contributed by atoms with E-state index in [1.807, 2.05) is 42.5 Å². The number of ether oxygens (including phenoxy) is 2. The number of amides is 4. The number of benzene rings is 2. The second-order valence-corrected chi connectivity index (χ2v) is 11.1. The second-order valence-electron chi connectivity index (χ2n) is 11.1. The number of primary amides is 1. The van der Waals surface area contributed by atoms with Crippen LogP contribution in [0, 0.1) is 0 Å². The van der Waals surface area contributed by atoms with Gasteiger partial charge in [-0.2, -0.15) is 0 Å². The molecule has 0 aromatic heterocycles. The molecule has 4 N–H and O–H groups in total. The van der Waals surface area contributed by atoms with Gasteiger partial charge in [0.2, 0.25) is 17.7 Å². The third-order valence-corrected chi connectivity index (χ3v) is 7.06. The standard InChI is InChI=1S/C29H36N4O6/c1-28(2,3)39-27(37)32-29(11-13-38-14-12-29)26(36)31-22(25(30)35)15-18-5-7-19(8-6-18)20-9-10-21-17-24(34)33(4)23(21)16-20/h5-10,16,22H,11-15,17H2,1-4H3,(H2,30,35)(H,31,36)(H,32,37)/t22-/m0/s1. The lowest BCUT2D eigenvalue weighted by atomic mass is 9.88. The summed E-state index contributed by atoms with van der Waals surface area (Å²) in [6.45, 7) is 5.77. The molecule has 208 valence electrons. The maximum absolute atomic E-state index is 13.4. The second kappa shape index (κ2) is 11.1. The molecule has 1 saturated heterocycles. The first kappa shape index (κ1) is 28.1. The van der Waals surface area contributed by atoms with Gasteiger partial charge in [-0.15, -0.1) is 0 Å². The number of carbonyl (C=O) groups excluding carboxylic acids is 4. The van der Waals surface area contributed by atoms with Crippen molar-refractivity contribution in [2.24, 2.45) is 5.73 Å². The van der Waals surface area contributed by atoms with Crippen LogP contribution in [0.1, 0.15) is 44.7 Å². The van der Waals surface area contributed by atoms with Gasteiger partial charge in [-0.3, -0.25) is 14.4 Å². The van der Waals surface area contributed by atoms with Crippen molar-refractivity contribution in [3.05, 3.63) is 53.6 Å². The monoisotopic (exact) mass is 536 g/mol. The van der Waals surface area contributed by atoms with Crippen molar-refractivity contribution in [2.45, 2.75) is 63.6 Å². The number of carbonyl (C=O) groups is 4. The van der Waals surface area contributed by atoms with Gasteiger partial charge in [0.05, 0.1) is 6.42 Å². The summed E-state index contributed by atoms with van der Waals surface area (Å²) in [5.41, 5.74) is 8.29. The Labute approximate surface area is 228 Å². The number of nitrogens with one attached hydrogen (secondary N) is 2. The lowest BCUT2D eigenvalue weighted by Crippen LogP contribution is -2.64. The summed E-state index contributed by atoms with van der Waals surface area (Å²) >= 11 is 0. The summed E-state index contributed by atoms with van der Waals surface area (Å²) in [6.07, 6.45) is 0.349. The van der Waals surface area contributed by atoms with Gasteiger partial charge in [0, 0.05) is 45.2 Å². The molecule has 0 spiro atoms. The largest absolute Gasteiger partial charge is 0.444 e. The molecule has 2 aliphatic heterocycles. The molecule has 1 atom stereocenters. The number of alkyl carbamates (subject to hydrolysis) is 1. The lowest BCUT2D eigenvalue weighted by Gasteiger charge is -2.37. The number of hydrogen-bond donors (Lipinski definition) is 3. The molecule has 1 fully saturated rings. The van der Waals surface area contributed by atoms with Gasteiger partial charge in [0.25, 0.3) is 0 Å². The van der Waals surface area contributed by atoms with Crippen LogP contribution < -0.4 is 21.3 Å².